The summed E-state index contributed by atoms with van der Waals surface area (Å²) in [6.45, 7) is 1.34. The highest BCUT2D eigenvalue weighted by atomic mass is 32.1. The molecule has 23 heavy (non-hydrogen) atoms. The first-order valence-electron chi connectivity index (χ1n) is 8.54. The van der Waals surface area contributed by atoms with Crippen molar-refractivity contribution in [2.75, 3.05) is 13.2 Å². The van der Waals surface area contributed by atoms with E-state index < -0.39 is 0 Å². The van der Waals surface area contributed by atoms with E-state index >= 15 is 0 Å². The van der Waals surface area contributed by atoms with E-state index in [1.807, 2.05) is 0 Å². The van der Waals surface area contributed by atoms with Crippen LogP contribution in [0.2, 0.25) is 0 Å². The van der Waals surface area contributed by atoms with Gasteiger partial charge in [0.15, 0.2) is 0 Å². The van der Waals surface area contributed by atoms with Crippen LogP contribution in [-0.2, 0) is 35.2 Å². The van der Waals surface area contributed by atoms with Crippen LogP contribution < -0.4 is 0 Å². The molecule has 1 aliphatic carbocycles. The molecule has 0 unspecified atom stereocenters. The molecule has 0 spiro atoms. The summed E-state index contributed by atoms with van der Waals surface area (Å²) in [6.07, 6.45) is 7.82. The number of hydrogen-bond donors (Lipinski definition) is 0. The molecule has 5 heteroatoms. The Kier molecular flexibility index (Phi) is 4.69. The van der Waals surface area contributed by atoms with Gasteiger partial charge in [0.05, 0.1) is 18.9 Å². The molecular weight excluding hydrogens is 308 g/mol. The summed E-state index contributed by atoms with van der Waals surface area (Å²) in [5.74, 6) is 0. The topological polar surface area (TPSA) is 44.2 Å². The first-order chi connectivity index (χ1) is 11.4. The fourth-order valence-corrected chi connectivity index (χ4v) is 4.11. The first-order valence-corrected chi connectivity index (χ1v) is 9.41. The second-order valence-electron chi connectivity index (χ2n) is 6.22. The molecule has 0 aromatic carbocycles. The highest BCUT2D eigenvalue weighted by Crippen LogP contribution is 2.26. The smallest absolute Gasteiger partial charge is 0.211 e. The van der Waals surface area contributed by atoms with Gasteiger partial charge in [0.25, 0.3) is 0 Å². The monoisotopic (exact) mass is 330 g/mol. The maximum atomic E-state index is 5.49. The Morgan fingerprint density at radius 3 is 2.74 bits per heavy atom. The van der Waals surface area contributed by atoms with Crippen LogP contribution in [0, 0.1) is 0 Å². The predicted molar refractivity (Wildman–Crippen MR) is 89.7 cm³/mol. The first kappa shape index (κ1) is 15.2. The van der Waals surface area contributed by atoms with Crippen molar-refractivity contribution in [3.8, 4) is 0 Å². The lowest BCUT2D eigenvalue weighted by Gasteiger charge is -2.15. The zero-order chi connectivity index (χ0) is 15.5. The lowest BCUT2D eigenvalue weighted by atomic mass is 9.95. The Labute approximate surface area is 140 Å². The van der Waals surface area contributed by atoms with Crippen molar-refractivity contribution < 1.29 is 9.47 Å². The van der Waals surface area contributed by atoms with Crippen LogP contribution in [0.15, 0.2) is 17.5 Å². The summed E-state index contributed by atoms with van der Waals surface area (Å²) in [4.78, 5) is 9.50. The highest BCUT2D eigenvalue weighted by Gasteiger charge is 2.21. The molecule has 0 N–H and O–H groups in total. The predicted octanol–water partition coefficient (Wildman–Crippen LogP) is 3.64. The number of nitrogens with zero attached hydrogens (tertiary/aromatic N) is 2. The summed E-state index contributed by atoms with van der Waals surface area (Å²) >= 11 is 1.63. The molecule has 0 bridgehead atoms. The molecule has 2 aliphatic rings. The summed E-state index contributed by atoms with van der Waals surface area (Å²) in [7, 11) is 0. The summed E-state index contributed by atoms with van der Waals surface area (Å²) in [5.41, 5.74) is 5.16. The van der Waals surface area contributed by atoms with Gasteiger partial charge in [-0.3, -0.25) is 4.98 Å². The highest BCUT2D eigenvalue weighted by molar-refractivity contribution is 7.09. The molecule has 2 aromatic rings. The standard InChI is InChI=1S/C18H22N2O2S/c1-2-7-16-13(4-1)8-9-14(19-16)5-3-6-15-12-23-17(20-15)18-21-10-11-22-18/h8-9,12,18H,1-7,10-11H2. The number of thiazole rings is 1. The van der Waals surface area contributed by atoms with Crippen LogP contribution in [-0.4, -0.2) is 23.2 Å². The summed E-state index contributed by atoms with van der Waals surface area (Å²) in [5, 5.41) is 3.07. The summed E-state index contributed by atoms with van der Waals surface area (Å²) < 4.78 is 11.0. The van der Waals surface area contributed by atoms with E-state index in [0.717, 1.165) is 36.4 Å². The minimum Gasteiger partial charge on any atom is -0.344 e. The molecule has 4 nitrogen and oxygen atoms in total. The van der Waals surface area contributed by atoms with Crippen LogP contribution in [0.5, 0.6) is 0 Å². The maximum absolute atomic E-state index is 5.49. The van der Waals surface area contributed by atoms with Crippen LogP contribution in [0.25, 0.3) is 0 Å². The van der Waals surface area contributed by atoms with Gasteiger partial charge in [-0.15, -0.1) is 11.3 Å². The number of ether oxygens (including phenoxy) is 2. The average Bonchev–Trinajstić information content (AvgIpc) is 3.26. The molecular formula is C18H22N2O2S. The minimum atomic E-state index is -0.240. The molecule has 2 aromatic heterocycles. The lowest BCUT2D eigenvalue weighted by molar-refractivity contribution is -0.0443. The van der Waals surface area contributed by atoms with Crippen LogP contribution in [0.3, 0.4) is 0 Å². The van der Waals surface area contributed by atoms with Crippen molar-refractivity contribution in [1.82, 2.24) is 9.97 Å². The number of hydrogen-bond acceptors (Lipinski definition) is 5. The number of rotatable bonds is 5. The molecule has 0 saturated carbocycles. The number of aryl methyl sites for hydroxylation is 4. The minimum absolute atomic E-state index is 0.240. The third kappa shape index (κ3) is 3.62. The normalized spacial score (nSPS) is 18.3. The molecule has 0 radical (unpaired) electrons. The van der Waals surface area contributed by atoms with Gasteiger partial charge in [0.1, 0.15) is 5.01 Å². The number of pyridine rings is 1. The zero-order valence-corrected chi connectivity index (χ0v) is 14.1. The van der Waals surface area contributed by atoms with E-state index in [-0.39, 0.29) is 6.29 Å². The largest absolute Gasteiger partial charge is 0.344 e. The second kappa shape index (κ2) is 7.07. The van der Waals surface area contributed by atoms with Crippen molar-refractivity contribution in [3.05, 3.63) is 45.2 Å². The Balaban J connectivity index is 1.31. The van der Waals surface area contributed by atoms with Crippen LogP contribution in [0.1, 0.15) is 53.2 Å². The van der Waals surface area contributed by atoms with E-state index in [1.54, 1.807) is 11.3 Å². The van der Waals surface area contributed by atoms with Gasteiger partial charge >= 0.3 is 0 Å². The van der Waals surface area contributed by atoms with Gasteiger partial charge in [0.2, 0.25) is 6.29 Å². The van der Waals surface area contributed by atoms with Crippen LogP contribution >= 0.6 is 11.3 Å². The van der Waals surface area contributed by atoms with E-state index in [0.29, 0.717) is 13.2 Å². The quantitative estimate of drug-likeness (QED) is 0.839. The third-order valence-electron chi connectivity index (χ3n) is 4.49. The van der Waals surface area contributed by atoms with Gasteiger partial charge in [-0.05, 0) is 56.6 Å². The van der Waals surface area contributed by atoms with Crippen molar-refractivity contribution in [2.24, 2.45) is 0 Å². The van der Waals surface area contributed by atoms with E-state index in [1.165, 1.54) is 36.2 Å². The molecule has 1 fully saturated rings. The van der Waals surface area contributed by atoms with E-state index in [2.05, 4.69) is 22.5 Å². The fourth-order valence-electron chi connectivity index (χ4n) is 3.26. The van der Waals surface area contributed by atoms with Gasteiger partial charge in [-0.2, -0.15) is 0 Å². The molecule has 4 rings (SSSR count). The van der Waals surface area contributed by atoms with Crippen LogP contribution in [0.4, 0.5) is 0 Å². The van der Waals surface area contributed by atoms with Crippen molar-refractivity contribution in [1.29, 1.82) is 0 Å². The van der Waals surface area contributed by atoms with Gasteiger partial charge in [0, 0.05) is 16.8 Å². The van der Waals surface area contributed by atoms with Gasteiger partial charge in [-0.1, -0.05) is 6.07 Å². The van der Waals surface area contributed by atoms with Crippen molar-refractivity contribution in [2.45, 2.75) is 51.2 Å². The summed E-state index contributed by atoms with van der Waals surface area (Å²) in [6, 6.07) is 4.49. The molecule has 122 valence electrons. The molecule has 3 heterocycles. The third-order valence-corrected chi connectivity index (χ3v) is 5.41. The van der Waals surface area contributed by atoms with E-state index in [4.69, 9.17) is 14.5 Å². The number of aromatic nitrogens is 2. The van der Waals surface area contributed by atoms with Gasteiger partial charge < -0.3 is 9.47 Å². The Bertz CT molecular complexity index is 665. The lowest BCUT2D eigenvalue weighted by Crippen LogP contribution is -2.07. The van der Waals surface area contributed by atoms with E-state index in [9.17, 15) is 0 Å². The molecule has 1 saturated heterocycles. The van der Waals surface area contributed by atoms with Crippen molar-refractivity contribution in [3.63, 3.8) is 0 Å². The zero-order valence-electron chi connectivity index (χ0n) is 13.3. The molecule has 0 amide bonds. The maximum Gasteiger partial charge on any atom is 0.211 e. The second-order valence-corrected chi connectivity index (χ2v) is 7.11. The molecule has 0 atom stereocenters. The Morgan fingerprint density at radius 2 is 1.83 bits per heavy atom. The van der Waals surface area contributed by atoms with Crippen molar-refractivity contribution >= 4 is 11.3 Å². The Morgan fingerprint density at radius 1 is 1.00 bits per heavy atom. The number of fused-ring (bicyclic) bond motifs is 1. The SMILES string of the molecule is c1sc(C2OCCO2)nc1CCCc1ccc2c(n1)CCCC2. The average molecular weight is 330 g/mol. The Hall–Kier alpha value is -1.30. The fraction of sp³-hybridized carbons (Fsp3) is 0.556. The molecule has 1 aliphatic heterocycles. The van der Waals surface area contributed by atoms with Gasteiger partial charge in [-0.25, -0.2) is 4.98 Å².